The van der Waals surface area contributed by atoms with Gasteiger partial charge in [0.15, 0.2) is 6.10 Å². The zero-order valence-corrected chi connectivity index (χ0v) is 17.4. The molecule has 0 aliphatic carbocycles. The normalized spacial score (nSPS) is 18.5. The molecule has 1 fully saturated rings. The molecule has 0 saturated carbocycles. The Hall–Kier alpha value is -3.24. The highest BCUT2D eigenvalue weighted by molar-refractivity contribution is 7.16. The van der Waals surface area contributed by atoms with E-state index in [1.165, 1.54) is 27.1 Å². The molecular formula is C21H20N4O5S. The van der Waals surface area contributed by atoms with Crippen molar-refractivity contribution in [2.75, 3.05) is 37.7 Å². The van der Waals surface area contributed by atoms with Gasteiger partial charge < -0.3 is 19.3 Å². The number of nitrogens with zero attached hydrogens (tertiary/aromatic N) is 4. The van der Waals surface area contributed by atoms with Gasteiger partial charge in [-0.2, -0.15) is 0 Å². The number of aromatic nitrogens is 2. The van der Waals surface area contributed by atoms with Gasteiger partial charge in [0.05, 0.1) is 37.2 Å². The number of morpholine rings is 1. The van der Waals surface area contributed by atoms with E-state index in [0.29, 0.717) is 48.0 Å². The highest BCUT2D eigenvalue weighted by atomic mass is 32.1. The van der Waals surface area contributed by atoms with Gasteiger partial charge in [-0.25, -0.2) is 4.98 Å². The fraction of sp³-hybridized carbons (Fsp3) is 0.333. The predicted octanol–water partition coefficient (Wildman–Crippen LogP) is 1.11. The number of para-hydroxylation sites is 2. The molecular weight excluding hydrogens is 420 g/mol. The molecule has 0 radical (unpaired) electrons. The quantitative estimate of drug-likeness (QED) is 0.606. The molecule has 1 atom stereocenters. The van der Waals surface area contributed by atoms with Gasteiger partial charge in [-0.05, 0) is 23.6 Å². The first-order valence-corrected chi connectivity index (χ1v) is 10.8. The van der Waals surface area contributed by atoms with Crippen LogP contribution in [0.2, 0.25) is 0 Å². The van der Waals surface area contributed by atoms with E-state index in [9.17, 15) is 14.4 Å². The molecule has 2 aliphatic heterocycles. The number of anilines is 1. The molecule has 0 unspecified atom stereocenters. The third kappa shape index (κ3) is 3.68. The second kappa shape index (κ2) is 8.12. The van der Waals surface area contributed by atoms with Gasteiger partial charge in [0.25, 0.3) is 11.5 Å². The van der Waals surface area contributed by atoms with Crippen LogP contribution in [0.1, 0.15) is 0 Å². The van der Waals surface area contributed by atoms with Crippen molar-refractivity contribution in [3.8, 4) is 5.75 Å². The summed E-state index contributed by atoms with van der Waals surface area (Å²) >= 11 is 1.38. The maximum Gasteiger partial charge on any atom is 0.265 e. The van der Waals surface area contributed by atoms with Crippen molar-refractivity contribution in [1.29, 1.82) is 0 Å². The predicted molar refractivity (Wildman–Crippen MR) is 114 cm³/mol. The first-order valence-electron chi connectivity index (χ1n) is 9.97. The summed E-state index contributed by atoms with van der Waals surface area (Å²) in [6, 6.07) is 8.81. The number of carbonyl (C=O) groups is 2. The van der Waals surface area contributed by atoms with Crippen LogP contribution in [-0.4, -0.2) is 65.2 Å². The molecule has 2 aliphatic rings. The average molecular weight is 440 g/mol. The Labute approximate surface area is 181 Å². The number of benzene rings is 1. The Morgan fingerprint density at radius 2 is 1.97 bits per heavy atom. The zero-order valence-electron chi connectivity index (χ0n) is 16.6. The van der Waals surface area contributed by atoms with E-state index in [4.69, 9.17) is 9.47 Å². The summed E-state index contributed by atoms with van der Waals surface area (Å²) in [5.41, 5.74) is 0.318. The molecule has 2 aromatic heterocycles. The van der Waals surface area contributed by atoms with Crippen molar-refractivity contribution in [2.24, 2.45) is 0 Å². The van der Waals surface area contributed by atoms with Gasteiger partial charge in [0.2, 0.25) is 5.91 Å². The molecule has 1 aromatic carbocycles. The summed E-state index contributed by atoms with van der Waals surface area (Å²) in [6.07, 6.45) is 0.577. The molecule has 160 valence electrons. The molecule has 9 nitrogen and oxygen atoms in total. The first-order chi connectivity index (χ1) is 15.1. The van der Waals surface area contributed by atoms with Crippen LogP contribution in [0.3, 0.4) is 0 Å². The number of hydrogen-bond donors (Lipinski definition) is 0. The Kier molecular flexibility index (Phi) is 5.16. The standard InChI is InChI=1S/C21H20N4O5S/c26-18(12-24-13-22-19-14(20(24)27)5-10-31-19)25-11-17(21(28)23-6-8-29-9-7-23)30-16-4-2-1-3-15(16)25/h1-5,10,13,17H,6-9,11-12H2/t17-/m1/s1. The topological polar surface area (TPSA) is 94.0 Å². The van der Waals surface area contributed by atoms with Gasteiger partial charge >= 0.3 is 0 Å². The average Bonchev–Trinajstić information content (AvgIpc) is 3.30. The number of rotatable bonds is 3. The monoisotopic (exact) mass is 440 g/mol. The van der Waals surface area contributed by atoms with Gasteiger partial charge in [-0.3, -0.25) is 19.0 Å². The summed E-state index contributed by atoms with van der Waals surface area (Å²) in [5, 5.41) is 2.29. The Balaban J connectivity index is 1.42. The lowest BCUT2D eigenvalue weighted by Gasteiger charge is -2.37. The van der Waals surface area contributed by atoms with Crippen LogP contribution in [0.4, 0.5) is 5.69 Å². The van der Waals surface area contributed by atoms with Crippen LogP contribution in [0.25, 0.3) is 10.2 Å². The molecule has 4 heterocycles. The van der Waals surface area contributed by atoms with E-state index in [0.717, 1.165) is 0 Å². The van der Waals surface area contributed by atoms with E-state index in [1.807, 2.05) is 0 Å². The largest absolute Gasteiger partial charge is 0.476 e. The van der Waals surface area contributed by atoms with Crippen molar-refractivity contribution in [3.05, 3.63) is 52.4 Å². The number of carbonyl (C=O) groups excluding carboxylic acids is 2. The van der Waals surface area contributed by atoms with Crippen molar-refractivity contribution >= 4 is 39.1 Å². The second-order valence-electron chi connectivity index (χ2n) is 7.33. The molecule has 10 heteroatoms. The fourth-order valence-corrected chi connectivity index (χ4v) is 4.55. The molecule has 1 saturated heterocycles. The van der Waals surface area contributed by atoms with Crippen LogP contribution in [0.5, 0.6) is 5.75 Å². The van der Waals surface area contributed by atoms with E-state index < -0.39 is 6.10 Å². The molecule has 5 rings (SSSR count). The van der Waals surface area contributed by atoms with Crippen molar-refractivity contribution < 1.29 is 19.1 Å². The van der Waals surface area contributed by atoms with E-state index >= 15 is 0 Å². The Morgan fingerprint density at radius 1 is 1.16 bits per heavy atom. The molecule has 2 amide bonds. The van der Waals surface area contributed by atoms with Gasteiger partial charge in [0, 0.05) is 13.1 Å². The second-order valence-corrected chi connectivity index (χ2v) is 8.23. The molecule has 3 aromatic rings. The third-order valence-electron chi connectivity index (χ3n) is 5.43. The smallest absolute Gasteiger partial charge is 0.265 e. The summed E-state index contributed by atoms with van der Waals surface area (Å²) in [5.74, 6) is -0.0180. The summed E-state index contributed by atoms with van der Waals surface area (Å²) in [7, 11) is 0. The summed E-state index contributed by atoms with van der Waals surface area (Å²) in [6.45, 7) is 1.86. The third-order valence-corrected chi connectivity index (χ3v) is 6.25. The van der Waals surface area contributed by atoms with Crippen LogP contribution < -0.4 is 15.2 Å². The lowest BCUT2D eigenvalue weighted by atomic mass is 10.1. The zero-order chi connectivity index (χ0) is 21.4. The molecule has 0 N–H and O–H groups in total. The highest BCUT2D eigenvalue weighted by Crippen LogP contribution is 2.33. The summed E-state index contributed by atoms with van der Waals surface area (Å²) < 4.78 is 12.6. The number of thiophene rings is 1. The van der Waals surface area contributed by atoms with E-state index in [-0.39, 0.29) is 30.5 Å². The summed E-state index contributed by atoms with van der Waals surface area (Å²) in [4.78, 5) is 47.1. The molecule has 0 spiro atoms. The van der Waals surface area contributed by atoms with Crippen LogP contribution in [0, 0.1) is 0 Å². The Bertz CT molecular complexity index is 1200. The fourth-order valence-electron chi connectivity index (χ4n) is 3.82. The highest BCUT2D eigenvalue weighted by Gasteiger charge is 2.36. The number of fused-ring (bicyclic) bond motifs is 2. The molecule has 31 heavy (non-hydrogen) atoms. The number of hydrogen-bond acceptors (Lipinski definition) is 7. The van der Waals surface area contributed by atoms with E-state index in [2.05, 4.69) is 4.98 Å². The Morgan fingerprint density at radius 3 is 2.81 bits per heavy atom. The SMILES string of the molecule is O=C([C@H]1CN(C(=O)Cn2cnc3sccc3c2=O)c2ccccc2O1)N1CCOCC1. The van der Waals surface area contributed by atoms with E-state index in [1.54, 1.807) is 40.6 Å². The minimum Gasteiger partial charge on any atom is -0.476 e. The van der Waals surface area contributed by atoms with Crippen LogP contribution in [-0.2, 0) is 20.9 Å². The van der Waals surface area contributed by atoms with Crippen molar-refractivity contribution in [2.45, 2.75) is 12.6 Å². The lowest BCUT2D eigenvalue weighted by molar-refractivity contribution is -0.142. The molecule has 0 bridgehead atoms. The lowest BCUT2D eigenvalue weighted by Crippen LogP contribution is -2.54. The van der Waals surface area contributed by atoms with Crippen molar-refractivity contribution in [1.82, 2.24) is 14.5 Å². The maximum atomic E-state index is 13.2. The minimum atomic E-state index is -0.814. The van der Waals surface area contributed by atoms with Gasteiger partial charge in [-0.15, -0.1) is 11.3 Å². The first kappa shape index (κ1) is 19.7. The number of ether oxygens (including phenoxy) is 2. The van der Waals surface area contributed by atoms with Crippen LogP contribution in [0.15, 0.2) is 46.8 Å². The maximum absolute atomic E-state index is 13.2. The van der Waals surface area contributed by atoms with Crippen molar-refractivity contribution in [3.63, 3.8) is 0 Å². The number of amides is 2. The minimum absolute atomic E-state index is 0.0783. The van der Waals surface area contributed by atoms with Gasteiger partial charge in [-0.1, -0.05) is 12.1 Å². The van der Waals surface area contributed by atoms with Crippen LogP contribution >= 0.6 is 11.3 Å². The van der Waals surface area contributed by atoms with Gasteiger partial charge in [0.1, 0.15) is 17.1 Å².